The average Bonchev–Trinajstić information content (AvgIpc) is 3.19. The monoisotopic (exact) mass is 385 g/mol. The summed E-state index contributed by atoms with van der Waals surface area (Å²) in [6.45, 7) is 4.61. The number of pyridine rings is 1. The highest BCUT2D eigenvalue weighted by molar-refractivity contribution is 7.11. The minimum absolute atomic E-state index is 0.181. The first kappa shape index (κ1) is 19.0. The average molecular weight is 385 g/mol. The van der Waals surface area contributed by atoms with E-state index < -0.39 is 5.54 Å². The van der Waals surface area contributed by atoms with Gasteiger partial charge >= 0.3 is 0 Å². The zero-order chi connectivity index (χ0) is 19.3. The number of hydrogen-bond acceptors (Lipinski definition) is 8. The Labute approximate surface area is 161 Å². The van der Waals surface area contributed by atoms with E-state index in [1.807, 2.05) is 12.1 Å². The lowest BCUT2D eigenvalue weighted by Crippen LogP contribution is -2.46. The lowest BCUT2D eigenvalue weighted by molar-refractivity contribution is 0.0945. The highest BCUT2D eigenvalue weighted by Gasteiger charge is 2.27. The molecule has 1 atom stereocenters. The molecule has 27 heavy (non-hydrogen) atoms. The van der Waals surface area contributed by atoms with Crippen molar-refractivity contribution < 1.29 is 4.79 Å². The normalized spacial score (nSPS) is 13.3. The highest BCUT2D eigenvalue weighted by atomic mass is 32.1. The molecule has 0 unspecified atom stereocenters. The van der Waals surface area contributed by atoms with Crippen LogP contribution < -0.4 is 16.4 Å². The quantitative estimate of drug-likeness (QED) is 0.545. The Morgan fingerprint density at radius 1 is 1.30 bits per heavy atom. The number of nitrogens with two attached hydrogens (primary N) is 1. The third kappa shape index (κ3) is 4.68. The summed E-state index contributed by atoms with van der Waals surface area (Å²) in [6.07, 6.45) is 6.21. The Balaban J connectivity index is 1.83. The molecule has 3 aromatic heterocycles. The molecule has 0 aromatic carbocycles. The third-order valence-electron chi connectivity index (χ3n) is 4.24. The second-order valence-electron chi connectivity index (χ2n) is 6.61. The molecule has 4 N–H and O–H groups in total. The SMILES string of the molecule is CCCC[C@](C)(CNC(=O)c1nccs1)Nc1nc(N)nc2cccnc12. The Morgan fingerprint density at radius 2 is 2.15 bits per heavy atom. The van der Waals surface area contributed by atoms with Gasteiger partial charge in [0.15, 0.2) is 10.8 Å². The zero-order valence-corrected chi connectivity index (χ0v) is 16.2. The molecule has 3 heterocycles. The number of rotatable bonds is 8. The van der Waals surface area contributed by atoms with Gasteiger partial charge in [0.1, 0.15) is 5.52 Å². The van der Waals surface area contributed by atoms with Gasteiger partial charge in [-0.1, -0.05) is 19.8 Å². The first-order chi connectivity index (χ1) is 13.0. The predicted octanol–water partition coefficient (Wildman–Crippen LogP) is 2.85. The summed E-state index contributed by atoms with van der Waals surface area (Å²) in [5, 5.41) is 8.65. The van der Waals surface area contributed by atoms with Crippen LogP contribution in [0.1, 0.15) is 42.9 Å². The fourth-order valence-corrected chi connectivity index (χ4v) is 3.36. The Kier molecular flexibility index (Phi) is 5.80. The summed E-state index contributed by atoms with van der Waals surface area (Å²) in [4.78, 5) is 29.3. The van der Waals surface area contributed by atoms with Gasteiger partial charge in [-0.25, -0.2) is 9.97 Å². The molecule has 0 bridgehead atoms. The van der Waals surface area contributed by atoms with Gasteiger partial charge < -0.3 is 16.4 Å². The van der Waals surface area contributed by atoms with Crippen LogP contribution in [0.25, 0.3) is 11.0 Å². The van der Waals surface area contributed by atoms with E-state index in [0.29, 0.717) is 28.4 Å². The number of unbranched alkanes of at least 4 members (excludes halogenated alkanes) is 1. The topological polar surface area (TPSA) is 119 Å². The molecule has 0 saturated heterocycles. The maximum atomic E-state index is 12.3. The van der Waals surface area contributed by atoms with Gasteiger partial charge in [-0.05, 0) is 25.5 Å². The number of anilines is 2. The molecular formula is C18H23N7OS. The molecule has 142 valence electrons. The molecule has 0 radical (unpaired) electrons. The van der Waals surface area contributed by atoms with Gasteiger partial charge in [0.25, 0.3) is 5.91 Å². The van der Waals surface area contributed by atoms with Crippen molar-refractivity contribution in [3.8, 4) is 0 Å². The van der Waals surface area contributed by atoms with Crippen molar-refractivity contribution >= 4 is 40.0 Å². The molecular weight excluding hydrogens is 362 g/mol. The minimum Gasteiger partial charge on any atom is -0.368 e. The van der Waals surface area contributed by atoms with E-state index in [2.05, 4.69) is 44.4 Å². The van der Waals surface area contributed by atoms with E-state index in [0.717, 1.165) is 19.3 Å². The maximum absolute atomic E-state index is 12.3. The van der Waals surface area contributed by atoms with Crippen LogP contribution in [0, 0.1) is 0 Å². The van der Waals surface area contributed by atoms with Gasteiger partial charge in [-0.2, -0.15) is 4.98 Å². The number of nitrogens with zero attached hydrogens (tertiary/aromatic N) is 4. The second-order valence-corrected chi connectivity index (χ2v) is 7.51. The van der Waals surface area contributed by atoms with Crippen LogP contribution in [-0.2, 0) is 0 Å². The number of amides is 1. The molecule has 0 saturated carbocycles. The largest absolute Gasteiger partial charge is 0.368 e. The van der Waals surface area contributed by atoms with Crippen molar-refractivity contribution in [3.63, 3.8) is 0 Å². The van der Waals surface area contributed by atoms with Crippen molar-refractivity contribution in [2.75, 3.05) is 17.6 Å². The maximum Gasteiger partial charge on any atom is 0.280 e. The zero-order valence-electron chi connectivity index (χ0n) is 15.4. The number of nitrogen functional groups attached to an aromatic ring is 1. The lowest BCUT2D eigenvalue weighted by atomic mass is 9.94. The van der Waals surface area contributed by atoms with Crippen molar-refractivity contribution in [2.24, 2.45) is 0 Å². The third-order valence-corrected chi connectivity index (χ3v) is 5.01. The number of thiazole rings is 1. The molecule has 0 aliphatic carbocycles. The summed E-state index contributed by atoms with van der Waals surface area (Å²) in [5.74, 6) is 0.572. The highest BCUT2D eigenvalue weighted by Crippen LogP contribution is 2.25. The lowest BCUT2D eigenvalue weighted by Gasteiger charge is -2.32. The number of fused-ring (bicyclic) bond motifs is 1. The summed E-state index contributed by atoms with van der Waals surface area (Å²) < 4.78 is 0. The number of aromatic nitrogens is 4. The molecule has 3 rings (SSSR count). The fraction of sp³-hybridized carbons (Fsp3) is 0.389. The fourth-order valence-electron chi connectivity index (χ4n) is 2.81. The minimum atomic E-state index is -0.422. The first-order valence-corrected chi connectivity index (χ1v) is 9.73. The number of carbonyl (C=O) groups is 1. The Bertz CT molecular complexity index is 915. The van der Waals surface area contributed by atoms with E-state index >= 15 is 0 Å². The number of nitrogens with one attached hydrogen (secondary N) is 2. The van der Waals surface area contributed by atoms with Crippen LogP contribution in [-0.4, -0.2) is 37.9 Å². The van der Waals surface area contributed by atoms with Gasteiger partial charge in [-0.15, -0.1) is 11.3 Å². The summed E-state index contributed by atoms with van der Waals surface area (Å²) in [5.41, 5.74) is 6.77. The Morgan fingerprint density at radius 3 is 2.89 bits per heavy atom. The standard InChI is InChI=1S/C18H23N7OS/c1-3-4-7-18(2,11-22-15(26)16-21-9-10-27-16)25-14-13-12(6-5-8-20-13)23-17(19)24-14/h5-6,8-10H,3-4,7,11H2,1-2H3,(H,22,26)(H3,19,23,24,25)/t18-/m1/s1. The molecule has 0 fully saturated rings. The van der Waals surface area contributed by atoms with Crippen LogP contribution in [0.15, 0.2) is 29.9 Å². The van der Waals surface area contributed by atoms with Gasteiger partial charge in [0.2, 0.25) is 5.95 Å². The van der Waals surface area contributed by atoms with E-state index in [1.165, 1.54) is 11.3 Å². The van der Waals surface area contributed by atoms with Crippen LogP contribution in [0.5, 0.6) is 0 Å². The van der Waals surface area contributed by atoms with Gasteiger partial charge in [-0.3, -0.25) is 9.78 Å². The number of hydrogen-bond donors (Lipinski definition) is 3. The molecule has 9 heteroatoms. The van der Waals surface area contributed by atoms with Crippen molar-refractivity contribution in [1.29, 1.82) is 0 Å². The second kappa shape index (κ2) is 8.26. The summed E-state index contributed by atoms with van der Waals surface area (Å²) >= 11 is 1.32. The van der Waals surface area contributed by atoms with E-state index in [4.69, 9.17) is 5.73 Å². The van der Waals surface area contributed by atoms with Crippen molar-refractivity contribution in [1.82, 2.24) is 25.3 Å². The molecule has 1 amide bonds. The van der Waals surface area contributed by atoms with Gasteiger partial charge in [0.05, 0.1) is 11.1 Å². The first-order valence-electron chi connectivity index (χ1n) is 8.85. The summed E-state index contributed by atoms with van der Waals surface area (Å²) in [6, 6.07) is 3.66. The smallest absolute Gasteiger partial charge is 0.280 e. The van der Waals surface area contributed by atoms with E-state index in [9.17, 15) is 4.79 Å². The summed E-state index contributed by atoms with van der Waals surface area (Å²) in [7, 11) is 0. The molecule has 3 aromatic rings. The molecule has 0 aliphatic rings. The van der Waals surface area contributed by atoms with Crippen molar-refractivity contribution in [2.45, 2.75) is 38.6 Å². The molecule has 8 nitrogen and oxygen atoms in total. The number of carbonyl (C=O) groups excluding carboxylic acids is 1. The van der Waals surface area contributed by atoms with E-state index in [1.54, 1.807) is 17.8 Å². The van der Waals surface area contributed by atoms with Crippen LogP contribution >= 0.6 is 11.3 Å². The molecule has 0 aliphatic heterocycles. The van der Waals surface area contributed by atoms with Crippen LogP contribution in [0.4, 0.5) is 11.8 Å². The molecule has 0 spiro atoms. The van der Waals surface area contributed by atoms with Crippen LogP contribution in [0.2, 0.25) is 0 Å². The Hall–Kier alpha value is -2.81. The van der Waals surface area contributed by atoms with Gasteiger partial charge in [0, 0.05) is 24.3 Å². The van der Waals surface area contributed by atoms with Crippen molar-refractivity contribution in [3.05, 3.63) is 34.9 Å². The predicted molar refractivity (Wildman–Crippen MR) is 108 cm³/mol. The van der Waals surface area contributed by atoms with E-state index in [-0.39, 0.29) is 11.9 Å². The van der Waals surface area contributed by atoms with Crippen LogP contribution in [0.3, 0.4) is 0 Å².